The van der Waals surface area contributed by atoms with Gasteiger partial charge in [0.15, 0.2) is 16.5 Å². The number of hydrogen-bond donors (Lipinski definition) is 0. The minimum Gasteiger partial charge on any atom is -0.454 e. The fourth-order valence-electron chi connectivity index (χ4n) is 2.47. The van der Waals surface area contributed by atoms with Gasteiger partial charge in [0.25, 0.3) is 11.2 Å². The van der Waals surface area contributed by atoms with E-state index in [4.69, 9.17) is 14.2 Å². The van der Waals surface area contributed by atoms with Crippen LogP contribution in [0.3, 0.4) is 0 Å². The molecule has 0 aliphatic carbocycles. The lowest BCUT2D eigenvalue weighted by Crippen LogP contribution is -2.14. The van der Waals surface area contributed by atoms with Gasteiger partial charge in [0, 0.05) is 17.8 Å². The molecular weight excluding hydrogens is 380 g/mol. The molecule has 1 aliphatic heterocycles. The molecular formula is C15H10N4O7S. The van der Waals surface area contributed by atoms with E-state index in [0.717, 1.165) is 21.9 Å². The Hall–Kier alpha value is -3.54. The van der Waals surface area contributed by atoms with Crippen molar-refractivity contribution in [1.29, 1.82) is 0 Å². The van der Waals surface area contributed by atoms with E-state index in [1.165, 1.54) is 12.1 Å². The van der Waals surface area contributed by atoms with Crippen LogP contribution in [0, 0.1) is 17.0 Å². The van der Waals surface area contributed by atoms with Crippen molar-refractivity contribution in [3.05, 3.63) is 54.9 Å². The smallest absolute Gasteiger partial charge is 0.345 e. The van der Waals surface area contributed by atoms with Crippen LogP contribution in [0.1, 0.15) is 21.1 Å². The Morgan fingerprint density at radius 2 is 2.11 bits per heavy atom. The highest BCUT2D eigenvalue weighted by molar-refractivity contribution is 7.16. The maximum Gasteiger partial charge on any atom is 0.345 e. The van der Waals surface area contributed by atoms with E-state index < -0.39 is 16.6 Å². The van der Waals surface area contributed by atoms with Crippen LogP contribution in [0.5, 0.6) is 11.5 Å². The van der Waals surface area contributed by atoms with E-state index >= 15 is 0 Å². The van der Waals surface area contributed by atoms with Crippen LogP contribution in [0.25, 0.3) is 4.96 Å². The van der Waals surface area contributed by atoms with Crippen LogP contribution >= 0.6 is 11.3 Å². The van der Waals surface area contributed by atoms with E-state index in [2.05, 4.69) is 10.1 Å². The third-order valence-electron chi connectivity index (χ3n) is 3.65. The summed E-state index contributed by atoms with van der Waals surface area (Å²) in [5.74, 6) is -0.514. The molecule has 0 radical (unpaired) electrons. The number of nitro benzene ring substituents is 1. The summed E-state index contributed by atoms with van der Waals surface area (Å²) >= 11 is 1.08. The molecule has 2 aromatic heterocycles. The van der Waals surface area contributed by atoms with Crippen molar-refractivity contribution in [1.82, 2.24) is 14.6 Å². The van der Waals surface area contributed by atoms with E-state index in [0.29, 0.717) is 15.7 Å². The van der Waals surface area contributed by atoms with E-state index in [-0.39, 0.29) is 36.0 Å². The normalized spacial score (nSPS) is 12.3. The van der Waals surface area contributed by atoms with Gasteiger partial charge in [0.2, 0.25) is 11.8 Å². The van der Waals surface area contributed by atoms with E-state index in [1.54, 1.807) is 6.92 Å². The molecule has 3 aromatic rings. The summed E-state index contributed by atoms with van der Waals surface area (Å²) in [6.07, 6.45) is 0. The fourth-order valence-corrected chi connectivity index (χ4v) is 3.33. The van der Waals surface area contributed by atoms with Crippen molar-refractivity contribution in [3.63, 3.8) is 0 Å². The molecule has 27 heavy (non-hydrogen) atoms. The topological polar surface area (TPSA) is 135 Å². The van der Waals surface area contributed by atoms with Crippen molar-refractivity contribution >= 4 is 28.0 Å². The quantitative estimate of drug-likeness (QED) is 0.368. The Kier molecular flexibility index (Phi) is 3.96. The number of fused-ring (bicyclic) bond motifs is 2. The van der Waals surface area contributed by atoms with Gasteiger partial charge in [-0.1, -0.05) is 11.3 Å². The van der Waals surface area contributed by atoms with Gasteiger partial charge in [0.05, 0.1) is 11.0 Å². The van der Waals surface area contributed by atoms with Crippen LogP contribution in [0.4, 0.5) is 5.69 Å². The standard InChI is InChI=1S/C15H10N4O7S/c1-7-2-13(20)18-15(16-7)27-12(17-18)5-24-14(21)8-3-10-11(26-6-25-10)4-9(8)19(22)23/h2-4H,5-6H2,1H3. The van der Waals surface area contributed by atoms with Gasteiger partial charge in [-0.05, 0) is 6.92 Å². The number of hydrogen-bond acceptors (Lipinski definition) is 10. The molecule has 0 fully saturated rings. The summed E-state index contributed by atoms with van der Waals surface area (Å²) in [7, 11) is 0. The molecule has 0 saturated heterocycles. The van der Waals surface area contributed by atoms with Crippen LogP contribution in [-0.4, -0.2) is 32.3 Å². The predicted octanol–water partition coefficient (Wildman–Crippen LogP) is 1.45. The maximum atomic E-state index is 12.3. The van der Waals surface area contributed by atoms with E-state index in [1.807, 2.05) is 0 Å². The molecule has 0 bridgehead atoms. The zero-order valence-corrected chi connectivity index (χ0v) is 14.5. The highest BCUT2D eigenvalue weighted by Gasteiger charge is 2.28. The van der Waals surface area contributed by atoms with Crippen LogP contribution < -0.4 is 15.0 Å². The molecule has 138 valence electrons. The molecule has 0 unspecified atom stereocenters. The third kappa shape index (κ3) is 3.06. The molecule has 1 aromatic carbocycles. The Bertz CT molecular complexity index is 1150. The minimum atomic E-state index is -0.921. The third-order valence-corrected chi connectivity index (χ3v) is 4.53. The average molecular weight is 390 g/mol. The molecule has 0 spiro atoms. The second-order valence-electron chi connectivity index (χ2n) is 5.48. The minimum absolute atomic E-state index is 0.0855. The number of nitrogens with zero attached hydrogens (tertiary/aromatic N) is 4. The Morgan fingerprint density at radius 1 is 1.37 bits per heavy atom. The first-order chi connectivity index (χ1) is 12.9. The van der Waals surface area contributed by atoms with Gasteiger partial charge < -0.3 is 14.2 Å². The van der Waals surface area contributed by atoms with Gasteiger partial charge in [-0.2, -0.15) is 9.61 Å². The number of ether oxygens (including phenoxy) is 3. The second-order valence-corrected chi connectivity index (χ2v) is 6.52. The molecule has 3 heterocycles. The predicted molar refractivity (Wildman–Crippen MR) is 90.2 cm³/mol. The summed E-state index contributed by atoms with van der Waals surface area (Å²) in [6.45, 7) is 1.33. The first-order valence-corrected chi connectivity index (χ1v) is 8.35. The molecule has 11 nitrogen and oxygen atoms in total. The van der Waals surface area contributed by atoms with Crippen LogP contribution in [0.2, 0.25) is 0 Å². The zero-order valence-electron chi connectivity index (χ0n) is 13.7. The number of carbonyl (C=O) groups is 1. The van der Waals surface area contributed by atoms with Crippen LogP contribution in [0.15, 0.2) is 23.0 Å². The van der Waals surface area contributed by atoms with Crippen LogP contribution in [-0.2, 0) is 11.3 Å². The molecule has 0 atom stereocenters. The lowest BCUT2D eigenvalue weighted by atomic mass is 10.1. The van der Waals surface area contributed by atoms with Crippen molar-refractivity contribution in [2.24, 2.45) is 0 Å². The zero-order chi connectivity index (χ0) is 19.1. The Labute approximate surface area is 153 Å². The highest BCUT2D eigenvalue weighted by Crippen LogP contribution is 2.38. The summed E-state index contributed by atoms with van der Waals surface area (Å²) in [6, 6.07) is 3.65. The Balaban J connectivity index is 1.59. The molecule has 0 saturated carbocycles. The maximum absolute atomic E-state index is 12.3. The summed E-state index contributed by atoms with van der Waals surface area (Å²) in [4.78, 5) is 39.3. The first-order valence-electron chi connectivity index (χ1n) is 7.54. The van der Waals surface area contributed by atoms with Gasteiger partial charge in [-0.25, -0.2) is 9.78 Å². The van der Waals surface area contributed by atoms with Crippen molar-refractivity contribution in [3.8, 4) is 11.5 Å². The van der Waals surface area contributed by atoms with E-state index in [9.17, 15) is 19.7 Å². The van der Waals surface area contributed by atoms with Gasteiger partial charge in [-0.15, -0.1) is 0 Å². The first kappa shape index (κ1) is 16.9. The number of carbonyl (C=O) groups excluding carboxylic acids is 1. The number of esters is 1. The van der Waals surface area contributed by atoms with Crippen molar-refractivity contribution < 1.29 is 23.9 Å². The van der Waals surface area contributed by atoms with Crippen molar-refractivity contribution in [2.45, 2.75) is 13.5 Å². The SMILES string of the molecule is Cc1cc(=O)n2nc(COC(=O)c3cc4c(cc3[N+](=O)[O-])OCO4)sc2n1. The molecule has 0 amide bonds. The number of benzene rings is 1. The Morgan fingerprint density at radius 3 is 2.85 bits per heavy atom. The molecule has 4 rings (SSSR count). The fraction of sp³-hybridized carbons (Fsp3) is 0.200. The van der Waals surface area contributed by atoms with Gasteiger partial charge in [-0.3, -0.25) is 14.9 Å². The van der Waals surface area contributed by atoms with Gasteiger partial charge >= 0.3 is 5.97 Å². The number of aryl methyl sites for hydroxylation is 1. The number of nitro groups is 1. The van der Waals surface area contributed by atoms with Crippen molar-refractivity contribution in [2.75, 3.05) is 6.79 Å². The summed E-state index contributed by atoms with van der Waals surface area (Å²) in [5.41, 5.74) is -0.528. The molecule has 12 heteroatoms. The molecule has 1 aliphatic rings. The van der Waals surface area contributed by atoms with Gasteiger partial charge in [0.1, 0.15) is 12.2 Å². The number of aromatic nitrogens is 3. The second kappa shape index (κ2) is 6.32. The largest absolute Gasteiger partial charge is 0.454 e. The lowest BCUT2D eigenvalue weighted by molar-refractivity contribution is -0.385. The monoisotopic (exact) mass is 390 g/mol. The molecule has 0 N–H and O–H groups in total. The lowest BCUT2D eigenvalue weighted by Gasteiger charge is -2.05. The average Bonchev–Trinajstić information content (AvgIpc) is 3.24. The number of rotatable bonds is 4. The summed E-state index contributed by atoms with van der Waals surface area (Å²) in [5, 5.41) is 15.6. The highest BCUT2D eigenvalue weighted by atomic mass is 32.1. The summed E-state index contributed by atoms with van der Waals surface area (Å²) < 4.78 is 16.5.